The SMILES string of the molecule is CCCNC(CC)c1nnc(-c2cc(F)cc(Br)c2)s1. The zero-order chi connectivity index (χ0) is 14.5. The molecule has 1 unspecified atom stereocenters. The molecule has 0 amide bonds. The summed E-state index contributed by atoms with van der Waals surface area (Å²) in [4.78, 5) is 0. The summed E-state index contributed by atoms with van der Waals surface area (Å²) in [5.74, 6) is -0.276. The van der Waals surface area contributed by atoms with Gasteiger partial charge < -0.3 is 5.32 Å². The Labute approximate surface area is 130 Å². The first kappa shape index (κ1) is 15.5. The first-order valence-corrected chi connectivity index (χ1v) is 8.28. The zero-order valence-electron chi connectivity index (χ0n) is 11.5. The van der Waals surface area contributed by atoms with Crippen LogP contribution in [0.5, 0.6) is 0 Å². The number of aromatic nitrogens is 2. The van der Waals surface area contributed by atoms with Gasteiger partial charge in [0.25, 0.3) is 0 Å². The Balaban J connectivity index is 2.23. The maximum absolute atomic E-state index is 13.4. The second-order valence-corrected chi connectivity index (χ2v) is 6.44. The van der Waals surface area contributed by atoms with E-state index in [1.807, 2.05) is 6.07 Å². The van der Waals surface area contributed by atoms with Crippen LogP contribution in [0.2, 0.25) is 0 Å². The predicted molar refractivity (Wildman–Crippen MR) is 84.3 cm³/mol. The fraction of sp³-hybridized carbons (Fsp3) is 0.429. The largest absolute Gasteiger partial charge is 0.308 e. The predicted octanol–water partition coefficient (Wildman–Crippen LogP) is 4.56. The van der Waals surface area contributed by atoms with Gasteiger partial charge in [-0.15, -0.1) is 10.2 Å². The fourth-order valence-corrected chi connectivity index (χ4v) is 3.35. The third-order valence-electron chi connectivity index (χ3n) is 2.90. The Bertz CT molecular complexity index is 553. The first-order valence-electron chi connectivity index (χ1n) is 6.67. The zero-order valence-corrected chi connectivity index (χ0v) is 13.9. The van der Waals surface area contributed by atoms with Crippen molar-refractivity contribution in [3.05, 3.63) is 33.5 Å². The molecule has 1 aromatic carbocycles. The van der Waals surface area contributed by atoms with Crippen molar-refractivity contribution >= 4 is 27.3 Å². The second-order valence-electron chi connectivity index (χ2n) is 4.52. The van der Waals surface area contributed by atoms with Crippen molar-refractivity contribution in [1.29, 1.82) is 0 Å². The molecule has 0 aliphatic rings. The molecule has 0 saturated carbocycles. The molecule has 1 N–H and O–H groups in total. The van der Waals surface area contributed by atoms with Gasteiger partial charge in [0, 0.05) is 10.0 Å². The van der Waals surface area contributed by atoms with Gasteiger partial charge in [-0.1, -0.05) is 41.1 Å². The van der Waals surface area contributed by atoms with Crippen LogP contribution in [0.25, 0.3) is 10.6 Å². The van der Waals surface area contributed by atoms with Gasteiger partial charge in [0.15, 0.2) is 0 Å². The number of nitrogens with one attached hydrogen (secondary N) is 1. The number of benzene rings is 1. The highest BCUT2D eigenvalue weighted by Crippen LogP contribution is 2.30. The minimum Gasteiger partial charge on any atom is -0.308 e. The molecule has 0 fully saturated rings. The molecular formula is C14H17BrFN3S. The summed E-state index contributed by atoms with van der Waals surface area (Å²) < 4.78 is 14.1. The van der Waals surface area contributed by atoms with E-state index in [4.69, 9.17) is 0 Å². The van der Waals surface area contributed by atoms with Crippen molar-refractivity contribution in [2.75, 3.05) is 6.54 Å². The Hall–Kier alpha value is -0.850. The van der Waals surface area contributed by atoms with Gasteiger partial charge in [0.05, 0.1) is 6.04 Å². The average molecular weight is 358 g/mol. The summed E-state index contributed by atoms with van der Waals surface area (Å²) in [5.41, 5.74) is 0.756. The Kier molecular flexibility index (Phi) is 5.63. The van der Waals surface area contributed by atoms with Crippen LogP contribution in [0.3, 0.4) is 0 Å². The average Bonchev–Trinajstić information content (AvgIpc) is 2.88. The molecule has 0 radical (unpaired) electrons. The first-order chi connectivity index (χ1) is 9.63. The second kappa shape index (κ2) is 7.24. The summed E-state index contributed by atoms with van der Waals surface area (Å²) >= 11 is 4.81. The molecule has 0 aliphatic heterocycles. The van der Waals surface area contributed by atoms with E-state index in [-0.39, 0.29) is 11.9 Å². The van der Waals surface area contributed by atoms with E-state index in [1.54, 1.807) is 0 Å². The van der Waals surface area contributed by atoms with Gasteiger partial charge in [-0.25, -0.2) is 4.39 Å². The molecule has 0 aliphatic carbocycles. The molecular weight excluding hydrogens is 341 g/mol. The van der Waals surface area contributed by atoms with Gasteiger partial charge in [0.1, 0.15) is 15.8 Å². The highest BCUT2D eigenvalue weighted by molar-refractivity contribution is 9.10. The molecule has 20 heavy (non-hydrogen) atoms. The quantitative estimate of drug-likeness (QED) is 0.823. The van der Waals surface area contributed by atoms with Crippen LogP contribution in [0.4, 0.5) is 4.39 Å². The summed E-state index contributed by atoms with van der Waals surface area (Å²) in [6.07, 6.45) is 2.04. The normalized spacial score (nSPS) is 12.6. The van der Waals surface area contributed by atoms with Crippen LogP contribution in [-0.4, -0.2) is 16.7 Å². The van der Waals surface area contributed by atoms with Crippen molar-refractivity contribution in [3.63, 3.8) is 0 Å². The maximum atomic E-state index is 13.4. The Morgan fingerprint density at radius 2 is 2.10 bits per heavy atom. The highest BCUT2D eigenvalue weighted by Gasteiger charge is 2.15. The van der Waals surface area contributed by atoms with E-state index in [1.165, 1.54) is 23.5 Å². The maximum Gasteiger partial charge on any atom is 0.147 e. The lowest BCUT2D eigenvalue weighted by molar-refractivity contribution is 0.513. The summed E-state index contributed by atoms with van der Waals surface area (Å²) in [5, 5.41) is 13.6. The van der Waals surface area contributed by atoms with Crippen LogP contribution < -0.4 is 5.32 Å². The van der Waals surface area contributed by atoms with Crippen LogP contribution in [0.15, 0.2) is 22.7 Å². The van der Waals surface area contributed by atoms with E-state index in [9.17, 15) is 4.39 Å². The monoisotopic (exact) mass is 357 g/mol. The molecule has 108 valence electrons. The number of hydrogen-bond acceptors (Lipinski definition) is 4. The van der Waals surface area contributed by atoms with Crippen molar-refractivity contribution in [2.24, 2.45) is 0 Å². The lowest BCUT2D eigenvalue weighted by Crippen LogP contribution is -2.21. The Morgan fingerprint density at radius 1 is 1.30 bits per heavy atom. The molecule has 1 aromatic heterocycles. The van der Waals surface area contributed by atoms with E-state index in [0.29, 0.717) is 4.47 Å². The van der Waals surface area contributed by atoms with Crippen LogP contribution in [0, 0.1) is 5.82 Å². The minimum atomic E-state index is -0.276. The summed E-state index contributed by atoms with van der Waals surface area (Å²) in [7, 11) is 0. The molecule has 0 bridgehead atoms. The van der Waals surface area contributed by atoms with Crippen LogP contribution in [-0.2, 0) is 0 Å². The summed E-state index contributed by atoms with van der Waals surface area (Å²) in [6, 6.07) is 4.99. The van der Waals surface area contributed by atoms with Crippen LogP contribution in [0.1, 0.15) is 37.7 Å². The van der Waals surface area contributed by atoms with Gasteiger partial charge >= 0.3 is 0 Å². The van der Waals surface area contributed by atoms with E-state index in [2.05, 4.69) is 45.3 Å². The van der Waals surface area contributed by atoms with Gasteiger partial charge in [-0.3, -0.25) is 0 Å². The molecule has 1 heterocycles. The van der Waals surface area contributed by atoms with E-state index in [0.717, 1.165) is 35.0 Å². The molecule has 1 atom stereocenters. The molecule has 0 saturated heterocycles. The third kappa shape index (κ3) is 3.84. The third-order valence-corrected chi connectivity index (χ3v) is 4.44. The Morgan fingerprint density at radius 3 is 2.75 bits per heavy atom. The molecule has 2 rings (SSSR count). The minimum absolute atomic E-state index is 0.221. The standard InChI is InChI=1S/C14H17BrFN3S/c1-3-5-17-12(4-2)14-19-18-13(20-14)9-6-10(15)8-11(16)7-9/h6-8,12,17H,3-5H2,1-2H3. The lowest BCUT2D eigenvalue weighted by Gasteiger charge is -2.12. The van der Waals surface area contributed by atoms with E-state index >= 15 is 0 Å². The molecule has 2 aromatic rings. The van der Waals surface area contributed by atoms with Crippen molar-refractivity contribution in [2.45, 2.75) is 32.7 Å². The lowest BCUT2D eigenvalue weighted by atomic mass is 10.2. The van der Waals surface area contributed by atoms with Crippen molar-refractivity contribution in [1.82, 2.24) is 15.5 Å². The van der Waals surface area contributed by atoms with Crippen molar-refractivity contribution in [3.8, 4) is 10.6 Å². The number of halogens is 2. The van der Waals surface area contributed by atoms with Gasteiger partial charge in [-0.05, 0) is 37.6 Å². The topological polar surface area (TPSA) is 37.8 Å². The summed E-state index contributed by atoms with van der Waals surface area (Å²) in [6.45, 7) is 5.21. The number of nitrogens with zero attached hydrogens (tertiary/aromatic N) is 2. The van der Waals surface area contributed by atoms with Crippen molar-refractivity contribution < 1.29 is 4.39 Å². The van der Waals surface area contributed by atoms with Gasteiger partial charge in [0.2, 0.25) is 0 Å². The molecule has 0 spiro atoms. The van der Waals surface area contributed by atoms with Gasteiger partial charge in [-0.2, -0.15) is 0 Å². The number of hydrogen-bond donors (Lipinski definition) is 1. The highest BCUT2D eigenvalue weighted by atomic mass is 79.9. The smallest absolute Gasteiger partial charge is 0.147 e. The molecule has 3 nitrogen and oxygen atoms in total. The van der Waals surface area contributed by atoms with Crippen LogP contribution >= 0.6 is 27.3 Å². The fourth-order valence-electron chi connectivity index (χ4n) is 1.89. The van der Waals surface area contributed by atoms with E-state index < -0.39 is 0 Å². The molecule has 6 heteroatoms. The number of rotatable bonds is 6.